The summed E-state index contributed by atoms with van der Waals surface area (Å²) in [5.74, 6) is 0.920. The number of hydrogen-bond donors (Lipinski definition) is 1. The van der Waals surface area contributed by atoms with Gasteiger partial charge in [-0.05, 0) is 12.8 Å². The molecule has 1 aromatic heterocycles. The minimum Gasteiger partial charge on any atom is -0.490 e. The minimum absolute atomic E-state index is 0.0578. The first-order valence-corrected chi connectivity index (χ1v) is 5.98. The molecule has 1 heterocycles. The predicted molar refractivity (Wildman–Crippen MR) is 67.1 cm³/mol. The van der Waals surface area contributed by atoms with Crippen LogP contribution >= 0.6 is 0 Å². The second-order valence-electron chi connectivity index (χ2n) is 4.51. The number of nitrogens with two attached hydrogens (primary N) is 1. The summed E-state index contributed by atoms with van der Waals surface area (Å²) in [5, 5.41) is 4.08. The van der Waals surface area contributed by atoms with E-state index < -0.39 is 0 Å². The quantitative estimate of drug-likeness (QED) is 0.804. The summed E-state index contributed by atoms with van der Waals surface area (Å²) in [4.78, 5) is 11.7. The van der Waals surface area contributed by atoms with E-state index in [-0.39, 0.29) is 11.6 Å². The number of hydrogen-bond acceptors (Lipinski definition) is 4. The number of aromatic nitrogens is 2. The molecule has 0 saturated heterocycles. The highest BCUT2D eigenvalue weighted by atomic mass is 16.5. The normalized spacial score (nSPS) is 14.4. The second-order valence-corrected chi connectivity index (χ2v) is 4.51. The van der Waals surface area contributed by atoms with Crippen molar-refractivity contribution in [1.82, 2.24) is 9.78 Å². The monoisotopic (exact) mass is 239 g/mol. The van der Waals surface area contributed by atoms with E-state index in [1.165, 1.54) is 10.7 Å². The Morgan fingerprint density at radius 2 is 2.24 bits per heavy atom. The van der Waals surface area contributed by atoms with E-state index in [1.54, 1.807) is 6.20 Å². The smallest absolute Gasteiger partial charge is 0.270 e. The van der Waals surface area contributed by atoms with Crippen LogP contribution in [-0.2, 0) is 6.54 Å². The van der Waals surface area contributed by atoms with Gasteiger partial charge in [0.05, 0.1) is 6.20 Å². The van der Waals surface area contributed by atoms with E-state index in [0.29, 0.717) is 24.8 Å². The first-order valence-electron chi connectivity index (χ1n) is 5.98. The lowest BCUT2D eigenvalue weighted by Gasteiger charge is -2.11. The van der Waals surface area contributed by atoms with Crippen molar-refractivity contribution < 1.29 is 4.74 Å². The van der Waals surface area contributed by atoms with Crippen LogP contribution in [0.3, 0.4) is 0 Å². The van der Waals surface area contributed by atoms with Gasteiger partial charge >= 0.3 is 0 Å². The van der Waals surface area contributed by atoms with Crippen molar-refractivity contribution in [2.24, 2.45) is 11.7 Å². The van der Waals surface area contributed by atoms with Crippen molar-refractivity contribution >= 4 is 0 Å². The fourth-order valence-electron chi connectivity index (χ4n) is 1.29. The molecule has 0 amide bonds. The highest BCUT2D eigenvalue weighted by Gasteiger charge is 2.05. The van der Waals surface area contributed by atoms with Gasteiger partial charge in [0.2, 0.25) is 0 Å². The van der Waals surface area contributed by atoms with Gasteiger partial charge < -0.3 is 10.5 Å². The Balaban J connectivity index is 2.69. The van der Waals surface area contributed by atoms with Gasteiger partial charge in [0.15, 0.2) is 0 Å². The maximum absolute atomic E-state index is 11.7. The molecular weight excluding hydrogens is 218 g/mol. The Morgan fingerprint density at radius 1 is 1.53 bits per heavy atom. The summed E-state index contributed by atoms with van der Waals surface area (Å²) in [7, 11) is 0. The molecule has 1 rings (SSSR count). The Bertz CT molecular complexity index is 401. The largest absolute Gasteiger partial charge is 0.490 e. The van der Waals surface area contributed by atoms with E-state index in [2.05, 4.69) is 18.9 Å². The third-order valence-corrected chi connectivity index (χ3v) is 2.54. The summed E-state index contributed by atoms with van der Waals surface area (Å²) >= 11 is 0. The molecule has 1 aromatic rings. The zero-order valence-corrected chi connectivity index (χ0v) is 10.7. The molecule has 0 aliphatic heterocycles. The van der Waals surface area contributed by atoms with Crippen LogP contribution in [-0.4, -0.2) is 22.4 Å². The molecule has 0 aliphatic carbocycles. The zero-order chi connectivity index (χ0) is 12.8. The zero-order valence-electron chi connectivity index (χ0n) is 10.7. The molecule has 2 unspecified atom stereocenters. The van der Waals surface area contributed by atoms with Crippen LogP contribution in [0.15, 0.2) is 17.1 Å². The van der Waals surface area contributed by atoms with Crippen molar-refractivity contribution in [1.29, 1.82) is 0 Å². The van der Waals surface area contributed by atoms with Crippen molar-refractivity contribution in [2.75, 3.05) is 6.61 Å². The summed E-state index contributed by atoms with van der Waals surface area (Å²) in [5.41, 5.74) is 5.43. The van der Waals surface area contributed by atoms with E-state index in [0.717, 1.165) is 6.42 Å². The van der Waals surface area contributed by atoms with Crippen LogP contribution in [0.4, 0.5) is 0 Å². The maximum Gasteiger partial charge on any atom is 0.270 e. The van der Waals surface area contributed by atoms with Crippen LogP contribution in [0.1, 0.15) is 27.2 Å². The average Bonchev–Trinajstić information content (AvgIpc) is 2.29. The molecule has 0 saturated carbocycles. The van der Waals surface area contributed by atoms with Gasteiger partial charge in [-0.15, -0.1) is 0 Å². The van der Waals surface area contributed by atoms with Gasteiger partial charge in [-0.2, -0.15) is 5.10 Å². The van der Waals surface area contributed by atoms with Gasteiger partial charge in [-0.1, -0.05) is 20.3 Å². The number of rotatable bonds is 6. The van der Waals surface area contributed by atoms with Gasteiger partial charge in [-0.25, -0.2) is 4.68 Å². The van der Waals surface area contributed by atoms with Crippen LogP contribution < -0.4 is 16.0 Å². The van der Waals surface area contributed by atoms with Crippen molar-refractivity contribution in [3.05, 3.63) is 22.6 Å². The molecule has 2 atom stereocenters. The van der Waals surface area contributed by atoms with Crippen LogP contribution in [0, 0.1) is 5.92 Å². The fraction of sp³-hybridized carbons (Fsp3) is 0.667. The van der Waals surface area contributed by atoms with Gasteiger partial charge in [0, 0.05) is 18.7 Å². The maximum atomic E-state index is 11.7. The van der Waals surface area contributed by atoms with Gasteiger partial charge in [-0.3, -0.25) is 4.79 Å². The van der Waals surface area contributed by atoms with Crippen LogP contribution in [0.5, 0.6) is 5.75 Å². The minimum atomic E-state index is -0.132. The van der Waals surface area contributed by atoms with Crippen LogP contribution in [0.25, 0.3) is 0 Å². The highest BCUT2D eigenvalue weighted by Crippen LogP contribution is 2.06. The second kappa shape index (κ2) is 6.39. The lowest BCUT2D eigenvalue weighted by molar-refractivity contribution is 0.291. The predicted octanol–water partition coefficient (Wildman–Crippen LogP) is 1.02. The lowest BCUT2D eigenvalue weighted by Crippen LogP contribution is -2.27. The van der Waals surface area contributed by atoms with Crippen molar-refractivity contribution in [3.63, 3.8) is 0 Å². The van der Waals surface area contributed by atoms with Gasteiger partial charge in [0.1, 0.15) is 12.4 Å². The Morgan fingerprint density at radius 3 is 2.76 bits per heavy atom. The molecule has 5 nitrogen and oxygen atoms in total. The standard InChI is InChI=1S/C12H21N3O2/c1-4-9(2)7-15-12(16)5-11(6-14-15)17-8-10(3)13/h5-6,9-10H,4,7-8,13H2,1-3H3. The molecule has 2 N–H and O–H groups in total. The third-order valence-electron chi connectivity index (χ3n) is 2.54. The lowest BCUT2D eigenvalue weighted by atomic mass is 10.1. The fourth-order valence-corrected chi connectivity index (χ4v) is 1.29. The van der Waals surface area contributed by atoms with E-state index >= 15 is 0 Å². The number of ether oxygens (including phenoxy) is 1. The molecule has 0 aromatic carbocycles. The molecule has 17 heavy (non-hydrogen) atoms. The summed E-state index contributed by atoms with van der Waals surface area (Å²) in [6, 6.07) is 1.40. The summed E-state index contributed by atoms with van der Waals surface area (Å²) in [6.45, 7) is 7.06. The molecule has 0 fully saturated rings. The van der Waals surface area contributed by atoms with Crippen molar-refractivity contribution in [3.8, 4) is 5.75 Å². The molecule has 0 bridgehead atoms. The first-order chi connectivity index (χ1) is 8.02. The van der Waals surface area contributed by atoms with Gasteiger partial charge in [0.25, 0.3) is 5.56 Å². The summed E-state index contributed by atoms with van der Waals surface area (Å²) < 4.78 is 6.80. The van der Waals surface area contributed by atoms with E-state index in [9.17, 15) is 4.79 Å². The molecule has 96 valence electrons. The molecule has 0 spiro atoms. The highest BCUT2D eigenvalue weighted by molar-refractivity contribution is 5.13. The molecule has 0 aliphatic rings. The average molecular weight is 239 g/mol. The first kappa shape index (κ1) is 13.7. The SMILES string of the molecule is CCC(C)Cn1ncc(OCC(C)N)cc1=O. The third kappa shape index (κ3) is 4.56. The molecule has 5 heteroatoms. The summed E-state index contributed by atoms with van der Waals surface area (Å²) in [6.07, 6.45) is 2.59. The van der Waals surface area contributed by atoms with Crippen LogP contribution in [0.2, 0.25) is 0 Å². The van der Waals surface area contributed by atoms with E-state index in [1.807, 2.05) is 6.92 Å². The van der Waals surface area contributed by atoms with E-state index in [4.69, 9.17) is 10.5 Å². The Hall–Kier alpha value is -1.36. The molecule has 0 radical (unpaired) electrons. The Labute approximate surface area is 102 Å². The van der Waals surface area contributed by atoms with Crippen molar-refractivity contribution in [2.45, 2.75) is 39.8 Å². The Kier molecular flexibility index (Phi) is 5.15. The topological polar surface area (TPSA) is 70.1 Å². The molecular formula is C12H21N3O2. The number of nitrogens with zero attached hydrogens (tertiary/aromatic N) is 2.